The number of ether oxygens (including phenoxy) is 3. The largest absolute Gasteiger partial charge is 0.493 e. The highest BCUT2D eigenvalue weighted by Crippen LogP contribution is 2.27. The lowest BCUT2D eigenvalue weighted by Gasteiger charge is -2.18. The molecule has 0 saturated heterocycles. The van der Waals surface area contributed by atoms with Crippen LogP contribution in [0.15, 0.2) is 47.5 Å². The lowest BCUT2D eigenvalue weighted by molar-refractivity contribution is 0.214. The van der Waals surface area contributed by atoms with Gasteiger partial charge in [-0.25, -0.2) is 4.39 Å². The van der Waals surface area contributed by atoms with Crippen LogP contribution in [0.2, 0.25) is 0 Å². The second-order valence-corrected chi connectivity index (χ2v) is 6.08. The molecule has 1 atom stereocenters. The second-order valence-electron chi connectivity index (χ2n) is 6.08. The van der Waals surface area contributed by atoms with Crippen molar-refractivity contribution in [2.24, 2.45) is 4.99 Å². The quantitative estimate of drug-likeness (QED) is 0.300. The summed E-state index contributed by atoms with van der Waals surface area (Å²) < 4.78 is 30.2. The van der Waals surface area contributed by atoms with E-state index < -0.39 is 0 Å². The lowest BCUT2D eigenvalue weighted by Crippen LogP contribution is -2.41. The van der Waals surface area contributed by atoms with Crippen LogP contribution >= 0.6 is 24.0 Å². The predicted octanol–water partition coefficient (Wildman–Crippen LogP) is 3.98. The maximum Gasteiger partial charge on any atom is 0.191 e. The number of hydrogen-bond donors (Lipinski definition) is 2. The Bertz CT molecular complexity index is 790. The van der Waals surface area contributed by atoms with E-state index >= 15 is 0 Å². The van der Waals surface area contributed by atoms with Crippen LogP contribution in [-0.2, 0) is 6.54 Å². The smallest absolute Gasteiger partial charge is 0.191 e. The summed E-state index contributed by atoms with van der Waals surface area (Å²) in [5, 5.41) is 6.41. The fourth-order valence-corrected chi connectivity index (χ4v) is 2.54. The molecule has 2 rings (SSSR count). The van der Waals surface area contributed by atoms with Crippen LogP contribution in [0.4, 0.5) is 4.39 Å². The Balaban J connectivity index is 0.00000420. The van der Waals surface area contributed by atoms with Crippen LogP contribution in [0.25, 0.3) is 0 Å². The number of hydrogen-bond acceptors (Lipinski definition) is 4. The molecule has 1 unspecified atom stereocenters. The zero-order valence-electron chi connectivity index (χ0n) is 17.2. The molecule has 0 heterocycles. The van der Waals surface area contributed by atoms with Gasteiger partial charge in [-0.2, -0.15) is 0 Å². The van der Waals surface area contributed by atoms with Crippen molar-refractivity contribution in [3.63, 3.8) is 0 Å². The molecule has 8 heteroatoms. The van der Waals surface area contributed by atoms with Crippen LogP contribution in [-0.4, -0.2) is 39.4 Å². The number of para-hydroxylation sites is 1. The van der Waals surface area contributed by atoms with Crippen molar-refractivity contribution < 1.29 is 18.6 Å². The van der Waals surface area contributed by atoms with E-state index in [4.69, 9.17) is 14.2 Å². The average molecular weight is 517 g/mol. The number of nitrogens with one attached hydrogen (secondary N) is 2. The van der Waals surface area contributed by atoms with Crippen molar-refractivity contribution in [3.05, 3.63) is 53.8 Å². The van der Waals surface area contributed by atoms with Gasteiger partial charge < -0.3 is 24.8 Å². The summed E-state index contributed by atoms with van der Waals surface area (Å²) in [7, 11) is 3.31. The molecular weight excluding hydrogens is 488 g/mol. The van der Waals surface area contributed by atoms with Crippen LogP contribution < -0.4 is 24.8 Å². The molecule has 0 bridgehead atoms. The summed E-state index contributed by atoms with van der Waals surface area (Å²) in [5.74, 6) is 1.89. The minimum atomic E-state index is -0.374. The van der Waals surface area contributed by atoms with Crippen LogP contribution in [0, 0.1) is 5.82 Å². The monoisotopic (exact) mass is 517 g/mol. The first-order chi connectivity index (χ1) is 13.6. The first-order valence-electron chi connectivity index (χ1n) is 9.22. The third kappa shape index (κ3) is 7.96. The molecule has 0 aliphatic heterocycles. The van der Waals surface area contributed by atoms with Gasteiger partial charge in [-0.05, 0) is 43.7 Å². The Labute approximate surface area is 188 Å². The fourth-order valence-electron chi connectivity index (χ4n) is 2.54. The van der Waals surface area contributed by atoms with Crippen molar-refractivity contribution in [2.45, 2.75) is 26.5 Å². The van der Waals surface area contributed by atoms with Gasteiger partial charge in [0, 0.05) is 13.6 Å². The van der Waals surface area contributed by atoms with Crippen molar-refractivity contribution in [2.75, 3.05) is 27.3 Å². The van der Waals surface area contributed by atoms with E-state index in [1.807, 2.05) is 32.0 Å². The standard InChI is InChI=1S/C21H28FN3O3.HI/c1-5-27-19-11-10-16(12-20(19)26-4)14-25-21(23-3)24-13-15(2)28-18-9-7-6-8-17(18)22;/h6-12,15H,5,13-14H2,1-4H3,(H2,23,24,25);1H. The van der Waals surface area contributed by atoms with E-state index in [-0.39, 0.29) is 41.6 Å². The molecule has 0 aromatic heterocycles. The van der Waals surface area contributed by atoms with Gasteiger partial charge in [0.1, 0.15) is 6.10 Å². The van der Waals surface area contributed by atoms with Crippen molar-refractivity contribution in [1.82, 2.24) is 10.6 Å². The molecule has 0 amide bonds. The molecule has 2 aromatic carbocycles. The van der Waals surface area contributed by atoms with Gasteiger partial charge in [0.15, 0.2) is 29.0 Å². The Morgan fingerprint density at radius 1 is 1.10 bits per heavy atom. The molecule has 6 nitrogen and oxygen atoms in total. The van der Waals surface area contributed by atoms with Crippen LogP contribution in [0.3, 0.4) is 0 Å². The number of rotatable bonds is 9. The maximum atomic E-state index is 13.7. The maximum absolute atomic E-state index is 13.7. The molecule has 0 spiro atoms. The van der Waals surface area contributed by atoms with Crippen LogP contribution in [0.1, 0.15) is 19.4 Å². The SMILES string of the molecule is CCOc1ccc(CNC(=NC)NCC(C)Oc2ccccc2F)cc1OC.I. The van der Waals surface area contributed by atoms with Gasteiger partial charge in [-0.3, -0.25) is 4.99 Å². The number of methoxy groups -OCH3 is 1. The van der Waals surface area contributed by atoms with Gasteiger partial charge in [0.25, 0.3) is 0 Å². The average Bonchev–Trinajstić information content (AvgIpc) is 2.71. The minimum absolute atomic E-state index is 0. The zero-order chi connectivity index (χ0) is 20.4. The fraction of sp³-hybridized carbons (Fsp3) is 0.381. The molecule has 0 fully saturated rings. The van der Waals surface area contributed by atoms with E-state index in [2.05, 4.69) is 15.6 Å². The molecule has 29 heavy (non-hydrogen) atoms. The van der Waals surface area contributed by atoms with Gasteiger partial charge in [0.05, 0.1) is 20.3 Å². The number of aliphatic imine (C=N–C) groups is 1. The third-order valence-electron chi connectivity index (χ3n) is 3.93. The summed E-state index contributed by atoms with van der Waals surface area (Å²) in [5.41, 5.74) is 1.03. The molecule has 2 N–H and O–H groups in total. The van der Waals surface area contributed by atoms with E-state index in [9.17, 15) is 4.39 Å². The number of nitrogens with zero attached hydrogens (tertiary/aromatic N) is 1. The minimum Gasteiger partial charge on any atom is -0.493 e. The van der Waals surface area contributed by atoms with Crippen molar-refractivity contribution >= 4 is 29.9 Å². The molecule has 0 saturated carbocycles. The zero-order valence-corrected chi connectivity index (χ0v) is 19.5. The number of guanidine groups is 1. The predicted molar refractivity (Wildman–Crippen MR) is 124 cm³/mol. The molecule has 0 aliphatic carbocycles. The van der Waals surface area contributed by atoms with Gasteiger partial charge in [-0.1, -0.05) is 18.2 Å². The highest BCUT2D eigenvalue weighted by atomic mass is 127. The lowest BCUT2D eigenvalue weighted by atomic mass is 10.2. The number of halogens is 2. The van der Waals surface area contributed by atoms with E-state index in [1.165, 1.54) is 6.07 Å². The van der Waals surface area contributed by atoms with Crippen molar-refractivity contribution in [1.29, 1.82) is 0 Å². The summed E-state index contributed by atoms with van der Waals surface area (Å²) in [6, 6.07) is 12.1. The first kappa shape index (κ1) is 24.8. The van der Waals surface area contributed by atoms with Crippen LogP contribution in [0.5, 0.6) is 17.2 Å². The number of benzene rings is 2. The molecule has 2 aromatic rings. The third-order valence-corrected chi connectivity index (χ3v) is 3.93. The normalized spacial score (nSPS) is 11.8. The van der Waals surface area contributed by atoms with E-state index in [0.29, 0.717) is 31.4 Å². The highest BCUT2D eigenvalue weighted by Gasteiger charge is 2.10. The van der Waals surface area contributed by atoms with Gasteiger partial charge >= 0.3 is 0 Å². The topological polar surface area (TPSA) is 64.1 Å². The molecule has 0 aliphatic rings. The summed E-state index contributed by atoms with van der Waals surface area (Å²) in [6.07, 6.45) is -0.235. The first-order valence-corrected chi connectivity index (χ1v) is 9.22. The Morgan fingerprint density at radius 3 is 2.52 bits per heavy atom. The Morgan fingerprint density at radius 2 is 1.86 bits per heavy atom. The second kappa shape index (κ2) is 13.1. The Kier molecular flexibility index (Phi) is 11.2. The van der Waals surface area contributed by atoms with Crippen molar-refractivity contribution in [3.8, 4) is 17.2 Å². The summed E-state index contributed by atoms with van der Waals surface area (Å²) in [6.45, 7) is 5.41. The summed E-state index contributed by atoms with van der Waals surface area (Å²) >= 11 is 0. The molecule has 0 radical (unpaired) electrons. The molecule has 160 valence electrons. The van der Waals surface area contributed by atoms with E-state index in [1.54, 1.807) is 32.4 Å². The molecular formula is C21H29FIN3O3. The van der Waals surface area contributed by atoms with E-state index in [0.717, 1.165) is 11.3 Å². The van der Waals surface area contributed by atoms with Gasteiger partial charge in [-0.15, -0.1) is 24.0 Å². The highest BCUT2D eigenvalue weighted by molar-refractivity contribution is 14.0. The Hall–Kier alpha value is -2.23. The van der Waals surface area contributed by atoms with Gasteiger partial charge in [0.2, 0.25) is 0 Å². The summed E-state index contributed by atoms with van der Waals surface area (Å²) in [4.78, 5) is 4.20.